The first-order valence-electron chi connectivity index (χ1n) is 7.38. The largest absolute Gasteiger partial charge is 0.363 e. The van der Waals surface area contributed by atoms with Crippen LogP contribution in [0.25, 0.3) is 0 Å². The number of nitrogens with zero attached hydrogens (tertiary/aromatic N) is 2. The third-order valence-corrected chi connectivity index (χ3v) is 3.82. The summed E-state index contributed by atoms with van der Waals surface area (Å²) in [6.45, 7) is 0.274. The molecule has 1 N–H and O–H groups in total. The lowest BCUT2D eigenvalue weighted by Gasteiger charge is -2.34. The van der Waals surface area contributed by atoms with Crippen LogP contribution in [0.15, 0.2) is 41.1 Å². The van der Waals surface area contributed by atoms with Crippen LogP contribution in [-0.2, 0) is 16.1 Å². The molecule has 1 unspecified atom stereocenters. The lowest BCUT2D eigenvalue weighted by molar-refractivity contribution is -0.142. The molecular weight excluding hydrogens is 301 g/mol. The van der Waals surface area contributed by atoms with E-state index in [1.165, 1.54) is 29.4 Å². The zero-order valence-electron chi connectivity index (χ0n) is 12.4. The van der Waals surface area contributed by atoms with Crippen LogP contribution in [0.4, 0.5) is 10.2 Å². The van der Waals surface area contributed by atoms with Gasteiger partial charge < -0.3 is 14.7 Å². The lowest BCUT2D eigenvalue weighted by atomic mass is 9.99. The third-order valence-electron chi connectivity index (χ3n) is 3.82. The van der Waals surface area contributed by atoms with Crippen molar-refractivity contribution in [2.75, 3.05) is 5.32 Å². The molecule has 2 amide bonds. The molecule has 1 atom stereocenters. The van der Waals surface area contributed by atoms with Crippen molar-refractivity contribution in [1.29, 1.82) is 0 Å². The van der Waals surface area contributed by atoms with Crippen molar-refractivity contribution in [2.45, 2.75) is 31.8 Å². The number of halogens is 1. The average molecular weight is 317 g/mol. The second-order valence-electron chi connectivity index (χ2n) is 5.43. The zero-order chi connectivity index (χ0) is 16.2. The predicted molar refractivity (Wildman–Crippen MR) is 79.7 cm³/mol. The van der Waals surface area contributed by atoms with E-state index >= 15 is 0 Å². The number of benzene rings is 1. The highest BCUT2D eigenvalue weighted by Crippen LogP contribution is 2.22. The van der Waals surface area contributed by atoms with Crippen LogP contribution in [0.3, 0.4) is 0 Å². The van der Waals surface area contributed by atoms with Crippen molar-refractivity contribution < 1.29 is 18.5 Å². The Morgan fingerprint density at radius 2 is 2.13 bits per heavy atom. The van der Waals surface area contributed by atoms with Crippen molar-refractivity contribution in [3.8, 4) is 0 Å². The molecule has 2 heterocycles. The molecule has 1 aromatic heterocycles. The van der Waals surface area contributed by atoms with E-state index in [1.807, 2.05) is 0 Å². The molecule has 7 heteroatoms. The molecular formula is C16H16FN3O3. The van der Waals surface area contributed by atoms with Crippen molar-refractivity contribution in [3.63, 3.8) is 0 Å². The Morgan fingerprint density at radius 1 is 1.35 bits per heavy atom. The van der Waals surface area contributed by atoms with Crippen LogP contribution in [0, 0.1) is 5.82 Å². The minimum Gasteiger partial charge on any atom is -0.363 e. The minimum absolute atomic E-state index is 0.0825. The van der Waals surface area contributed by atoms with Gasteiger partial charge in [-0.25, -0.2) is 4.39 Å². The summed E-state index contributed by atoms with van der Waals surface area (Å²) in [4.78, 5) is 26.2. The maximum Gasteiger partial charge on any atom is 0.248 e. The zero-order valence-corrected chi connectivity index (χ0v) is 12.4. The minimum atomic E-state index is -0.571. The first kappa shape index (κ1) is 15.2. The van der Waals surface area contributed by atoms with Crippen LogP contribution >= 0.6 is 0 Å². The van der Waals surface area contributed by atoms with Gasteiger partial charge in [-0.3, -0.25) is 9.59 Å². The Hall–Kier alpha value is -2.70. The monoisotopic (exact) mass is 317 g/mol. The molecule has 0 aliphatic carbocycles. The van der Waals surface area contributed by atoms with Gasteiger partial charge in [0.05, 0.1) is 0 Å². The number of piperidine rings is 1. The lowest BCUT2D eigenvalue weighted by Crippen LogP contribution is -2.49. The van der Waals surface area contributed by atoms with Gasteiger partial charge >= 0.3 is 0 Å². The normalized spacial score (nSPS) is 18.0. The average Bonchev–Trinajstić information content (AvgIpc) is 3.04. The van der Waals surface area contributed by atoms with Gasteiger partial charge in [-0.15, -0.1) is 0 Å². The SMILES string of the molecule is O=C(Nc1ccon1)C1CCCC(=O)N1Cc1ccc(F)cc1. The highest BCUT2D eigenvalue weighted by Gasteiger charge is 2.33. The molecule has 0 bridgehead atoms. The van der Waals surface area contributed by atoms with Gasteiger partial charge in [0.2, 0.25) is 11.8 Å². The maximum absolute atomic E-state index is 13.0. The highest BCUT2D eigenvalue weighted by atomic mass is 19.1. The first-order chi connectivity index (χ1) is 11.1. The smallest absolute Gasteiger partial charge is 0.248 e. The van der Waals surface area contributed by atoms with E-state index in [0.29, 0.717) is 25.1 Å². The van der Waals surface area contributed by atoms with Crippen molar-refractivity contribution in [1.82, 2.24) is 10.1 Å². The van der Waals surface area contributed by atoms with Crippen LogP contribution < -0.4 is 5.32 Å². The number of hydrogen-bond donors (Lipinski definition) is 1. The maximum atomic E-state index is 13.0. The Kier molecular flexibility index (Phi) is 4.36. The molecule has 1 aromatic carbocycles. The van der Waals surface area contributed by atoms with Gasteiger partial charge in [0, 0.05) is 19.0 Å². The fraction of sp³-hybridized carbons (Fsp3) is 0.312. The number of anilines is 1. The summed E-state index contributed by atoms with van der Waals surface area (Å²) < 4.78 is 17.7. The fourth-order valence-corrected chi connectivity index (χ4v) is 2.66. The molecule has 1 aliphatic rings. The number of likely N-dealkylation sites (tertiary alicyclic amines) is 1. The van der Waals surface area contributed by atoms with Crippen LogP contribution in [0.2, 0.25) is 0 Å². The molecule has 120 valence electrons. The number of rotatable bonds is 4. The summed E-state index contributed by atoms with van der Waals surface area (Å²) in [7, 11) is 0. The molecule has 1 fully saturated rings. The Labute approximate surface area is 132 Å². The first-order valence-corrected chi connectivity index (χ1v) is 7.38. The number of carbonyl (C=O) groups is 2. The van der Waals surface area contributed by atoms with E-state index in [0.717, 1.165) is 5.56 Å². The van der Waals surface area contributed by atoms with Gasteiger partial charge in [0.15, 0.2) is 5.82 Å². The van der Waals surface area contributed by atoms with E-state index in [4.69, 9.17) is 0 Å². The number of hydrogen-bond acceptors (Lipinski definition) is 4. The Bertz CT molecular complexity index is 685. The molecule has 1 saturated heterocycles. The standard InChI is InChI=1S/C16H16FN3O3/c17-12-6-4-11(5-7-12)10-20-13(2-1-3-15(20)21)16(22)18-14-8-9-23-19-14/h4-9,13H,1-3,10H2,(H,18,19,22). The fourth-order valence-electron chi connectivity index (χ4n) is 2.66. The summed E-state index contributed by atoms with van der Waals surface area (Å²) in [6.07, 6.45) is 3.01. The summed E-state index contributed by atoms with van der Waals surface area (Å²) in [5, 5.41) is 6.28. The van der Waals surface area contributed by atoms with Crippen molar-refractivity contribution >= 4 is 17.6 Å². The number of aromatic nitrogens is 1. The number of nitrogens with one attached hydrogen (secondary N) is 1. The molecule has 0 radical (unpaired) electrons. The molecule has 23 heavy (non-hydrogen) atoms. The predicted octanol–water partition coefficient (Wildman–Crippen LogP) is 2.33. The second kappa shape index (κ2) is 6.60. The third kappa shape index (κ3) is 3.56. The van der Waals surface area contributed by atoms with Crippen molar-refractivity contribution in [3.05, 3.63) is 48.0 Å². The molecule has 1 aliphatic heterocycles. The van der Waals surface area contributed by atoms with Crippen LogP contribution in [-0.4, -0.2) is 27.9 Å². The van der Waals surface area contributed by atoms with E-state index in [9.17, 15) is 14.0 Å². The number of amides is 2. The van der Waals surface area contributed by atoms with Gasteiger partial charge in [-0.2, -0.15) is 0 Å². The summed E-state index contributed by atoms with van der Waals surface area (Å²) in [6, 6.07) is 6.88. The Morgan fingerprint density at radius 3 is 2.83 bits per heavy atom. The Balaban J connectivity index is 1.74. The highest BCUT2D eigenvalue weighted by molar-refractivity contribution is 5.97. The molecule has 0 saturated carbocycles. The van der Waals surface area contributed by atoms with Crippen molar-refractivity contribution in [2.24, 2.45) is 0 Å². The van der Waals surface area contributed by atoms with Crippen LogP contribution in [0.5, 0.6) is 0 Å². The van der Waals surface area contributed by atoms with E-state index in [-0.39, 0.29) is 24.2 Å². The van der Waals surface area contributed by atoms with Crippen LogP contribution in [0.1, 0.15) is 24.8 Å². The molecule has 0 spiro atoms. The summed E-state index contributed by atoms with van der Waals surface area (Å²) >= 11 is 0. The second-order valence-corrected chi connectivity index (χ2v) is 5.43. The summed E-state index contributed by atoms with van der Waals surface area (Å²) in [5.41, 5.74) is 0.779. The number of carbonyl (C=O) groups excluding carboxylic acids is 2. The molecule has 6 nitrogen and oxygen atoms in total. The van der Waals surface area contributed by atoms with Gasteiger partial charge in [0.25, 0.3) is 0 Å². The van der Waals surface area contributed by atoms with Gasteiger partial charge in [-0.05, 0) is 30.5 Å². The molecule has 2 aromatic rings. The van der Waals surface area contributed by atoms with E-state index in [2.05, 4.69) is 15.0 Å². The van der Waals surface area contributed by atoms with Gasteiger partial charge in [0.1, 0.15) is 18.1 Å². The van der Waals surface area contributed by atoms with Gasteiger partial charge in [-0.1, -0.05) is 17.3 Å². The quantitative estimate of drug-likeness (QED) is 0.939. The van der Waals surface area contributed by atoms with E-state index in [1.54, 1.807) is 12.1 Å². The summed E-state index contributed by atoms with van der Waals surface area (Å²) in [5.74, 6) is -0.399. The molecule has 3 rings (SSSR count). The topological polar surface area (TPSA) is 75.4 Å². The van der Waals surface area contributed by atoms with E-state index < -0.39 is 6.04 Å².